The van der Waals surface area contributed by atoms with E-state index in [1.807, 2.05) is 0 Å². The molecule has 0 aliphatic heterocycles. The highest BCUT2D eigenvalue weighted by molar-refractivity contribution is 5.76. The van der Waals surface area contributed by atoms with Gasteiger partial charge < -0.3 is 10.1 Å². The van der Waals surface area contributed by atoms with Crippen molar-refractivity contribution >= 4 is 6.03 Å². The Hall–Kier alpha value is -2.58. The molecule has 21 heavy (non-hydrogen) atoms. The van der Waals surface area contributed by atoms with E-state index < -0.39 is 12.8 Å². The molecular weight excluding hydrogens is 289 g/mol. The molecule has 2 aromatic rings. The molecule has 6 nitrogen and oxygen atoms in total. The van der Waals surface area contributed by atoms with E-state index in [9.17, 15) is 18.0 Å². The molecular formula is C12H11F3N4O2. The summed E-state index contributed by atoms with van der Waals surface area (Å²) >= 11 is 0. The Morgan fingerprint density at radius 2 is 2.19 bits per heavy atom. The van der Waals surface area contributed by atoms with Gasteiger partial charge in [-0.15, -0.1) is 0 Å². The van der Waals surface area contributed by atoms with Gasteiger partial charge in [0.25, 0.3) is 0 Å². The highest BCUT2D eigenvalue weighted by Crippen LogP contribution is 2.16. The first-order chi connectivity index (χ1) is 9.94. The molecule has 9 heteroatoms. The summed E-state index contributed by atoms with van der Waals surface area (Å²) in [5.74, 6) is -0.128. The van der Waals surface area contributed by atoms with Crippen molar-refractivity contribution in [2.75, 3.05) is 6.61 Å². The van der Waals surface area contributed by atoms with Crippen LogP contribution in [-0.2, 0) is 6.54 Å². The largest absolute Gasteiger partial charge is 0.468 e. The first kappa shape index (κ1) is 14.8. The van der Waals surface area contributed by atoms with Gasteiger partial charge in [-0.1, -0.05) is 6.07 Å². The standard InChI is InChI=1S/C12H11F3N4O2/c13-12(14,15)7-21-10-2-1-9(5-17-10)6-18-11(20)19-4-3-16-8-19/h1-5,8H,6-7H2,(H,18,20). The molecule has 0 radical (unpaired) electrons. The van der Waals surface area contributed by atoms with Crippen molar-refractivity contribution in [1.29, 1.82) is 0 Å². The van der Waals surface area contributed by atoms with Gasteiger partial charge in [0.1, 0.15) is 6.33 Å². The van der Waals surface area contributed by atoms with Gasteiger partial charge in [0.2, 0.25) is 5.88 Å². The van der Waals surface area contributed by atoms with Crippen LogP contribution in [0.2, 0.25) is 0 Å². The van der Waals surface area contributed by atoms with E-state index in [0.29, 0.717) is 5.56 Å². The van der Waals surface area contributed by atoms with Crippen molar-refractivity contribution in [2.24, 2.45) is 0 Å². The number of alkyl halides is 3. The maximum absolute atomic E-state index is 12.0. The second-order valence-corrected chi connectivity index (χ2v) is 4.04. The third kappa shape index (κ3) is 4.79. The van der Waals surface area contributed by atoms with Gasteiger partial charge in [0.15, 0.2) is 6.61 Å². The number of amides is 1. The number of hydrogen-bond acceptors (Lipinski definition) is 4. The van der Waals surface area contributed by atoms with Crippen molar-refractivity contribution < 1.29 is 22.7 Å². The monoisotopic (exact) mass is 300 g/mol. The van der Waals surface area contributed by atoms with Crippen LogP contribution in [0.1, 0.15) is 5.56 Å². The van der Waals surface area contributed by atoms with E-state index in [1.54, 1.807) is 0 Å². The van der Waals surface area contributed by atoms with Crippen LogP contribution in [0.25, 0.3) is 0 Å². The van der Waals surface area contributed by atoms with E-state index in [2.05, 4.69) is 20.0 Å². The van der Waals surface area contributed by atoms with Crippen molar-refractivity contribution in [3.63, 3.8) is 0 Å². The molecule has 0 saturated heterocycles. The molecule has 1 amide bonds. The molecule has 0 fully saturated rings. The van der Waals surface area contributed by atoms with Crippen LogP contribution in [0.3, 0.4) is 0 Å². The summed E-state index contributed by atoms with van der Waals surface area (Å²) in [5.41, 5.74) is 0.628. The number of carbonyl (C=O) groups excluding carboxylic acids is 1. The van der Waals surface area contributed by atoms with E-state index in [-0.39, 0.29) is 18.5 Å². The van der Waals surface area contributed by atoms with Crippen molar-refractivity contribution in [1.82, 2.24) is 19.9 Å². The Morgan fingerprint density at radius 1 is 1.38 bits per heavy atom. The van der Waals surface area contributed by atoms with Crippen LogP contribution >= 0.6 is 0 Å². The normalized spacial score (nSPS) is 11.2. The molecule has 0 atom stereocenters. The molecule has 0 aliphatic carbocycles. The lowest BCUT2D eigenvalue weighted by molar-refractivity contribution is -0.154. The Labute approximate surface area is 117 Å². The number of carbonyl (C=O) groups is 1. The van der Waals surface area contributed by atoms with Crippen LogP contribution in [0.4, 0.5) is 18.0 Å². The van der Waals surface area contributed by atoms with Crippen molar-refractivity contribution in [3.05, 3.63) is 42.6 Å². The highest BCUT2D eigenvalue weighted by Gasteiger charge is 2.28. The number of hydrogen-bond donors (Lipinski definition) is 1. The van der Waals surface area contributed by atoms with Crippen LogP contribution in [0, 0.1) is 0 Å². The fraction of sp³-hybridized carbons (Fsp3) is 0.250. The Bertz CT molecular complexity index is 582. The summed E-state index contributed by atoms with van der Waals surface area (Å²) < 4.78 is 41.6. The molecule has 0 bridgehead atoms. The van der Waals surface area contributed by atoms with Crippen LogP contribution < -0.4 is 10.1 Å². The summed E-state index contributed by atoms with van der Waals surface area (Å²) in [4.78, 5) is 19.1. The SMILES string of the molecule is O=C(NCc1ccc(OCC(F)(F)F)nc1)n1ccnc1. The third-order valence-electron chi connectivity index (χ3n) is 2.36. The zero-order valence-corrected chi connectivity index (χ0v) is 10.7. The third-order valence-corrected chi connectivity index (χ3v) is 2.36. The van der Waals surface area contributed by atoms with Crippen LogP contribution in [0.5, 0.6) is 5.88 Å². The van der Waals surface area contributed by atoms with Crippen molar-refractivity contribution in [3.8, 4) is 5.88 Å². The van der Waals surface area contributed by atoms with Gasteiger partial charge in [-0.2, -0.15) is 13.2 Å². The van der Waals surface area contributed by atoms with Gasteiger partial charge in [0, 0.05) is 31.2 Å². The Balaban J connectivity index is 1.84. The summed E-state index contributed by atoms with van der Waals surface area (Å²) in [6, 6.07) is 2.46. The fourth-order valence-electron chi connectivity index (χ4n) is 1.40. The molecule has 2 rings (SSSR count). The minimum absolute atomic E-state index is 0.128. The second-order valence-electron chi connectivity index (χ2n) is 4.04. The number of halogens is 3. The lowest BCUT2D eigenvalue weighted by Gasteiger charge is -2.09. The molecule has 0 aromatic carbocycles. The summed E-state index contributed by atoms with van der Waals surface area (Å²) in [5, 5.41) is 2.60. The van der Waals surface area contributed by atoms with E-state index in [4.69, 9.17) is 0 Å². The van der Waals surface area contributed by atoms with Crippen molar-refractivity contribution in [2.45, 2.75) is 12.7 Å². The molecule has 0 unspecified atom stereocenters. The summed E-state index contributed by atoms with van der Waals surface area (Å²) in [7, 11) is 0. The number of rotatable bonds is 4. The Morgan fingerprint density at radius 3 is 2.76 bits per heavy atom. The van der Waals surface area contributed by atoms with Gasteiger partial charge in [0.05, 0.1) is 0 Å². The zero-order valence-electron chi connectivity index (χ0n) is 10.7. The quantitative estimate of drug-likeness (QED) is 0.937. The van der Waals surface area contributed by atoms with E-state index in [1.165, 1.54) is 41.6 Å². The molecule has 2 aromatic heterocycles. The first-order valence-corrected chi connectivity index (χ1v) is 5.85. The van der Waals surface area contributed by atoms with Gasteiger partial charge in [-0.3, -0.25) is 4.57 Å². The number of aromatic nitrogens is 3. The summed E-state index contributed by atoms with van der Waals surface area (Å²) in [6.07, 6.45) is 1.23. The Kier molecular flexibility index (Phi) is 4.41. The zero-order chi connectivity index (χ0) is 15.3. The highest BCUT2D eigenvalue weighted by atomic mass is 19.4. The maximum atomic E-state index is 12.0. The fourth-order valence-corrected chi connectivity index (χ4v) is 1.40. The lowest BCUT2D eigenvalue weighted by atomic mass is 10.3. The maximum Gasteiger partial charge on any atom is 0.422 e. The number of ether oxygens (including phenoxy) is 1. The van der Waals surface area contributed by atoms with E-state index >= 15 is 0 Å². The van der Waals surface area contributed by atoms with Gasteiger partial charge in [-0.25, -0.2) is 14.8 Å². The number of nitrogens with one attached hydrogen (secondary N) is 1. The molecule has 112 valence electrons. The average Bonchev–Trinajstić information content (AvgIpc) is 2.97. The minimum atomic E-state index is -4.40. The molecule has 0 spiro atoms. The number of imidazole rings is 1. The smallest absolute Gasteiger partial charge is 0.422 e. The molecule has 0 aliphatic rings. The van der Waals surface area contributed by atoms with Gasteiger partial charge >= 0.3 is 12.2 Å². The first-order valence-electron chi connectivity index (χ1n) is 5.85. The topological polar surface area (TPSA) is 69.0 Å². The molecule has 1 N–H and O–H groups in total. The molecule has 0 saturated carbocycles. The lowest BCUT2D eigenvalue weighted by Crippen LogP contribution is -2.27. The molecule has 2 heterocycles. The van der Waals surface area contributed by atoms with Gasteiger partial charge in [-0.05, 0) is 5.56 Å². The minimum Gasteiger partial charge on any atom is -0.468 e. The van der Waals surface area contributed by atoms with Crippen LogP contribution in [0.15, 0.2) is 37.1 Å². The number of nitrogens with zero attached hydrogens (tertiary/aromatic N) is 3. The van der Waals surface area contributed by atoms with Crippen LogP contribution in [-0.4, -0.2) is 33.3 Å². The average molecular weight is 300 g/mol. The second kappa shape index (κ2) is 6.25. The predicted octanol–water partition coefficient (Wildman–Crippen LogP) is 1.98. The predicted molar refractivity (Wildman–Crippen MR) is 65.6 cm³/mol. The van der Waals surface area contributed by atoms with E-state index in [0.717, 1.165) is 0 Å². The number of pyridine rings is 1. The summed E-state index contributed by atoms with van der Waals surface area (Å²) in [6.45, 7) is -1.21.